The fourth-order valence-corrected chi connectivity index (χ4v) is 3.87. The molecule has 0 bridgehead atoms. The van der Waals surface area contributed by atoms with E-state index in [2.05, 4.69) is 64.3 Å². The molecule has 0 amide bonds. The zero-order valence-electron chi connectivity index (χ0n) is 17.1. The predicted molar refractivity (Wildman–Crippen MR) is 107 cm³/mol. The van der Waals surface area contributed by atoms with E-state index in [0.29, 0.717) is 13.2 Å². The van der Waals surface area contributed by atoms with Crippen molar-refractivity contribution >= 4 is 5.69 Å². The molecule has 2 heterocycles. The number of tetrazole rings is 1. The van der Waals surface area contributed by atoms with E-state index < -0.39 is 0 Å². The van der Waals surface area contributed by atoms with Crippen molar-refractivity contribution in [1.82, 2.24) is 25.1 Å². The molecule has 27 heavy (non-hydrogen) atoms. The number of anilines is 1. The van der Waals surface area contributed by atoms with Crippen molar-refractivity contribution < 1.29 is 4.74 Å². The number of hydrogen-bond donors (Lipinski definition) is 0. The second kappa shape index (κ2) is 9.28. The van der Waals surface area contributed by atoms with Gasteiger partial charge < -0.3 is 9.64 Å². The Morgan fingerprint density at radius 1 is 1.15 bits per heavy atom. The van der Waals surface area contributed by atoms with Crippen molar-refractivity contribution in [3.63, 3.8) is 0 Å². The normalized spacial score (nSPS) is 16.7. The van der Waals surface area contributed by atoms with E-state index in [1.54, 1.807) is 7.11 Å². The van der Waals surface area contributed by atoms with Gasteiger partial charge in [-0.05, 0) is 47.9 Å². The van der Waals surface area contributed by atoms with Gasteiger partial charge in [0.25, 0.3) is 0 Å². The molecule has 0 aliphatic carbocycles. The molecule has 7 heteroatoms. The third kappa shape index (κ3) is 4.65. The maximum atomic E-state index is 5.20. The van der Waals surface area contributed by atoms with E-state index in [0.717, 1.165) is 44.8 Å². The summed E-state index contributed by atoms with van der Waals surface area (Å²) in [5, 5.41) is 12.5. The highest BCUT2D eigenvalue weighted by atomic mass is 16.5. The summed E-state index contributed by atoms with van der Waals surface area (Å²) in [6.45, 7) is 12.0. The van der Waals surface area contributed by atoms with Crippen molar-refractivity contribution in [3.05, 3.63) is 35.2 Å². The van der Waals surface area contributed by atoms with E-state index in [-0.39, 0.29) is 6.04 Å². The molecule has 1 aliphatic rings. The van der Waals surface area contributed by atoms with Crippen LogP contribution >= 0.6 is 0 Å². The minimum absolute atomic E-state index is 0.266. The molecule has 1 unspecified atom stereocenters. The first-order chi connectivity index (χ1) is 13.1. The molecule has 2 aromatic rings. The van der Waals surface area contributed by atoms with E-state index in [4.69, 9.17) is 4.74 Å². The van der Waals surface area contributed by atoms with Gasteiger partial charge in [0.1, 0.15) is 0 Å². The molecule has 1 aromatic carbocycles. The van der Waals surface area contributed by atoms with Gasteiger partial charge in [0.05, 0.1) is 19.2 Å². The van der Waals surface area contributed by atoms with Gasteiger partial charge in [-0.15, -0.1) is 5.10 Å². The van der Waals surface area contributed by atoms with Gasteiger partial charge in [0.2, 0.25) is 0 Å². The second-order valence-corrected chi connectivity index (χ2v) is 7.37. The zero-order valence-corrected chi connectivity index (χ0v) is 17.1. The van der Waals surface area contributed by atoms with Crippen molar-refractivity contribution in [3.8, 4) is 0 Å². The van der Waals surface area contributed by atoms with E-state index >= 15 is 0 Å². The standard InChI is InChI=1S/C20H32N6O/c1-5-6-18(20-21-22-23-26(20)13-14-27-4)24-9-11-25(12-10-24)19-15-16(2)7-8-17(19)3/h7-8,15,18H,5-6,9-14H2,1-4H3. The quantitative estimate of drug-likeness (QED) is 0.710. The van der Waals surface area contributed by atoms with Crippen LogP contribution in [0.25, 0.3) is 0 Å². The van der Waals surface area contributed by atoms with Crippen LogP contribution in [-0.2, 0) is 11.3 Å². The SMILES string of the molecule is CCCC(c1nnnn1CCOC)N1CCN(c2cc(C)ccc2C)CC1. The lowest BCUT2D eigenvalue weighted by atomic mass is 10.1. The average molecular weight is 373 g/mol. The molecule has 7 nitrogen and oxygen atoms in total. The lowest BCUT2D eigenvalue weighted by Crippen LogP contribution is -2.48. The van der Waals surface area contributed by atoms with Crippen LogP contribution in [0.2, 0.25) is 0 Å². The van der Waals surface area contributed by atoms with Crippen LogP contribution in [0.4, 0.5) is 5.69 Å². The van der Waals surface area contributed by atoms with Crippen molar-refractivity contribution in [1.29, 1.82) is 0 Å². The molecule has 1 aromatic heterocycles. The third-order valence-corrected chi connectivity index (χ3v) is 5.39. The Morgan fingerprint density at radius 2 is 1.93 bits per heavy atom. The summed E-state index contributed by atoms with van der Waals surface area (Å²) >= 11 is 0. The molecule has 3 rings (SSSR count). The van der Waals surface area contributed by atoms with Crippen LogP contribution in [0.15, 0.2) is 18.2 Å². The topological polar surface area (TPSA) is 59.3 Å². The maximum Gasteiger partial charge on any atom is 0.168 e. The first-order valence-electron chi connectivity index (χ1n) is 9.95. The Labute approximate surface area is 162 Å². The van der Waals surface area contributed by atoms with Crippen LogP contribution in [0.5, 0.6) is 0 Å². The zero-order chi connectivity index (χ0) is 19.2. The smallest absolute Gasteiger partial charge is 0.168 e. The number of nitrogens with zero attached hydrogens (tertiary/aromatic N) is 6. The summed E-state index contributed by atoms with van der Waals surface area (Å²) in [6, 6.07) is 6.98. The maximum absolute atomic E-state index is 5.20. The molecule has 0 spiro atoms. The van der Waals surface area contributed by atoms with Gasteiger partial charge in [0, 0.05) is 39.0 Å². The molecular weight excluding hydrogens is 340 g/mol. The number of hydrogen-bond acceptors (Lipinski definition) is 6. The highest BCUT2D eigenvalue weighted by molar-refractivity contribution is 5.55. The van der Waals surface area contributed by atoms with E-state index in [1.807, 2.05) is 4.68 Å². The summed E-state index contributed by atoms with van der Waals surface area (Å²) in [5.41, 5.74) is 4.04. The molecule has 1 atom stereocenters. The van der Waals surface area contributed by atoms with Gasteiger partial charge in [-0.1, -0.05) is 25.5 Å². The van der Waals surface area contributed by atoms with Crippen LogP contribution in [0.1, 0.15) is 42.8 Å². The lowest BCUT2D eigenvalue weighted by molar-refractivity contribution is 0.153. The van der Waals surface area contributed by atoms with Crippen molar-refractivity contribution in [2.75, 3.05) is 44.8 Å². The number of ether oxygens (including phenoxy) is 1. The summed E-state index contributed by atoms with van der Waals surface area (Å²) in [7, 11) is 1.71. The first kappa shape index (κ1) is 19.8. The molecule has 1 fully saturated rings. The summed E-state index contributed by atoms with van der Waals surface area (Å²) in [4.78, 5) is 5.05. The largest absolute Gasteiger partial charge is 0.383 e. The number of aryl methyl sites for hydroxylation is 2. The van der Waals surface area contributed by atoms with Crippen LogP contribution in [0.3, 0.4) is 0 Å². The highest BCUT2D eigenvalue weighted by Crippen LogP contribution is 2.28. The molecule has 1 saturated heterocycles. The Hall–Kier alpha value is -1.99. The van der Waals surface area contributed by atoms with Crippen LogP contribution in [-0.4, -0.2) is 65.0 Å². The number of benzene rings is 1. The molecule has 0 saturated carbocycles. The van der Waals surface area contributed by atoms with Gasteiger partial charge in [-0.2, -0.15) is 0 Å². The number of methoxy groups -OCH3 is 1. The predicted octanol–water partition coefficient (Wildman–Crippen LogP) is 2.60. The number of aromatic nitrogens is 4. The highest BCUT2D eigenvalue weighted by Gasteiger charge is 2.28. The van der Waals surface area contributed by atoms with Gasteiger partial charge in [-0.3, -0.25) is 4.90 Å². The monoisotopic (exact) mass is 372 g/mol. The Morgan fingerprint density at radius 3 is 2.63 bits per heavy atom. The minimum Gasteiger partial charge on any atom is -0.383 e. The van der Waals surface area contributed by atoms with Crippen molar-refractivity contribution in [2.24, 2.45) is 0 Å². The molecule has 148 valence electrons. The Balaban J connectivity index is 1.70. The fraction of sp³-hybridized carbons (Fsp3) is 0.650. The van der Waals surface area contributed by atoms with Gasteiger partial charge in [-0.25, -0.2) is 4.68 Å². The Kier molecular flexibility index (Phi) is 6.79. The fourth-order valence-electron chi connectivity index (χ4n) is 3.87. The van der Waals surface area contributed by atoms with E-state index in [9.17, 15) is 0 Å². The Bertz CT molecular complexity index is 723. The minimum atomic E-state index is 0.266. The van der Waals surface area contributed by atoms with E-state index in [1.165, 1.54) is 16.8 Å². The first-order valence-corrected chi connectivity index (χ1v) is 9.95. The second-order valence-electron chi connectivity index (χ2n) is 7.37. The molecule has 0 radical (unpaired) electrons. The van der Waals surface area contributed by atoms with Gasteiger partial charge >= 0.3 is 0 Å². The summed E-state index contributed by atoms with van der Waals surface area (Å²) in [5.74, 6) is 0.967. The van der Waals surface area contributed by atoms with Crippen molar-refractivity contribution in [2.45, 2.75) is 46.2 Å². The van der Waals surface area contributed by atoms with Crippen LogP contribution < -0.4 is 4.90 Å². The summed E-state index contributed by atoms with van der Waals surface area (Å²) in [6.07, 6.45) is 2.18. The summed E-state index contributed by atoms with van der Waals surface area (Å²) < 4.78 is 7.11. The molecule has 1 aliphatic heterocycles. The molecule has 0 N–H and O–H groups in total. The number of piperazine rings is 1. The van der Waals surface area contributed by atoms with Crippen LogP contribution in [0, 0.1) is 13.8 Å². The number of rotatable bonds is 8. The molecular formula is C20H32N6O. The third-order valence-electron chi connectivity index (χ3n) is 5.39. The average Bonchev–Trinajstić information content (AvgIpc) is 3.15. The lowest BCUT2D eigenvalue weighted by Gasteiger charge is -2.40. The van der Waals surface area contributed by atoms with Gasteiger partial charge in [0.15, 0.2) is 5.82 Å².